The molecule has 1 aromatic rings. The van der Waals surface area contributed by atoms with Gasteiger partial charge in [-0.05, 0) is 135 Å². The Morgan fingerprint density at radius 1 is 0.692 bits per heavy atom. The summed E-state index contributed by atoms with van der Waals surface area (Å²) < 4.78 is 7.38. The third kappa shape index (κ3) is 3.21. The van der Waals surface area contributed by atoms with Gasteiger partial charge in [0, 0.05) is 16.5 Å². The molecule has 4 saturated carbocycles. The lowest BCUT2D eigenvalue weighted by molar-refractivity contribution is -0.179. The van der Waals surface area contributed by atoms with E-state index in [9.17, 15) is 10.2 Å². The Morgan fingerprint density at radius 3 is 2.15 bits per heavy atom. The molecule has 3 nitrogen and oxygen atoms in total. The molecule has 39 heavy (non-hydrogen) atoms. The predicted octanol–water partition coefficient (Wildman–Crippen LogP) is 8.92. The van der Waals surface area contributed by atoms with Gasteiger partial charge in [0.15, 0.2) is 0 Å². The second-order valence-corrected chi connectivity index (χ2v) is 17.2. The molecule has 0 spiro atoms. The van der Waals surface area contributed by atoms with Gasteiger partial charge < -0.3 is 14.9 Å². The standard InChI is InChI=1S/C36H54O3/c1-31(2)15-8-16-36(7)27(31)13-19-35(6)29(39-36)14-20-34(35,5)24-12-17-32(3)23(24)11-18-33(4)28(32)21-22-25(37)9-10-26(38)30(22)33/h9-10,23-24,27-29,37-38H,8,11-21H2,1-7H3/t23-,24+,27+,28+,29+,32-,33+,34-,35-,36+/m1/s1. The molecule has 10 atom stereocenters. The average Bonchev–Trinajstić information content (AvgIpc) is 3.43. The van der Waals surface area contributed by atoms with E-state index in [-0.39, 0.29) is 21.8 Å². The number of phenols is 2. The zero-order chi connectivity index (χ0) is 27.8. The molecule has 2 N–H and O–H groups in total. The fourth-order valence-electron chi connectivity index (χ4n) is 13.1. The SMILES string of the molecule is CC1(C)CCC[C@]2(C)O[C@H]3CC[C@](C)([C@H]4CC[C@]5(C)[C@@H]4CC[C@]4(C)c6c(O)ccc(O)c6C[C@@H]54)[C@]3(C)CC[C@@H]12. The average molecular weight is 535 g/mol. The topological polar surface area (TPSA) is 49.7 Å². The van der Waals surface area contributed by atoms with E-state index < -0.39 is 0 Å². The summed E-state index contributed by atoms with van der Waals surface area (Å²) in [6, 6.07) is 3.43. The van der Waals surface area contributed by atoms with Crippen molar-refractivity contribution in [2.45, 2.75) is 143 Å². The first-order valence-electron chi connectivity index (χ1n) is 16.4. The Labute approximate surface area is 237 Å². The van der Waals surface area contributed by atoms with Crippen LogP contribution < -0.4 is 0 Å². The highest BCUT2D eigenvalue weighted by molar-refractivity contribution is 5.56. The van der Waals surface area contributed by atoms with Crippen LogP contribution in [0.1, 0.15) is 130 Å². The lowest BCUT2D eigenvalue weighted by atomic mass is 9.48. The van der Waals surface area contributed by atoms with Gasteiger partial charge in [0.05, 0.1) is 11.7 Å². The summed E-state index contributed by atoms with van der Waals surface area (Å²) in [5.41, 5.74) is 3.24. The van der Waals surface area contributed by atoms with Crippen LogP contribution in [-0.4, -0.2) is 21.9 Å². The maximum atomic E-state index is 11.0. The van der Waals surface area contributed by atoms with Crippen LogP contribution >= 0.6 is 0 Å². The molecule has 1 aliphatic heterocycles. The van der Waals surface area contributed by atoms with Gasteiger partial charge >= 0.3 is 0 Å². The van der Waals surface area contributed by atoms with Crippen molar-refractivity contribution in [2.24, 2.45) is 45.3 Å². The molecule has 0 unspecified atom stereocenters. The van der Waals surface area contributed by atoms with Crippen LogP contribution in [0.3, 0.4) is 0 Å². The predicted molar refractivity (Wildman–Crippen MR) is 157 cm³/mol. The van der Waals surface area contributed by atoms with Crippen LogP contribution in [0, 0.1) is 45.3 Å². The minimum Gasteiger partial charge on any atom is -0.508 e. The van der Waals surface area contributed by atoms with Crippen molar-refractivity contribution in [3.63, 3.8) is 0 Å². The first-order chi connectivity index (χ1) is 18.2. The van der Waals surface area contributed by atoms with Crippen molar-refractivity contribution in [1.29, 1.82) is 0 Å². The molecule has 0 bridgehead atoms. The number of rotatable bonds is 1. The zero-order valence-electron chi connectivity index (χ0n) is 25.8. The van der Waals surface area contributed by atoms with E-state index in [1.165, 1.54) is 64.2 Å². The Kier molecular flexibility index (Phi) is 5.46. The lowest BCUT2D eigenvalue weighted by Gasteiger charge is -2.56. The van der Waals surface area contributed by atoms with Crippen molar-refractivity contribution < 1.29 is 14.9 Å². The molecule has 1 saturated heterocycles. The molecule has 7 rings (SSSR count). The Hall–Kier alpha value is -1.22. The van der Waals surface area contributed by atoms with Gasteiger partial charge in [0.1, 0.15) is 11.5 Å². The Morgan fingerprint density at radius 2 is 1.38 bits per heavy atom. The third-order valence-electron chi connectivity index (χ3n) is 15.4. The summed E-state index contributed by atoms with van der Waals surface area (Å²) in [6.45, 7) is 17.8. The van der Waals surface area contributed by atoms with Gasteiger partial charge in [0.2, 0.25) is 0 Å². The number of ether oxygens (including phenoxy) is 1. The largest absolute Gasteiger partial charge is 0.508 e. The van der Waals surface area contributed by atoms with Gasteiger partial charge in [0.25, 0.3) is 0 Å². The second kappa shape index (κ2) is 7.99. The first kappa shape index (κ1) is 26.7. The summed E-state index contributed by atoms with van der Waals surface area (Å²) in [7, 11) is 0. The van der Waals surface area contributed by atoms with Gasteiger partial charge in [-0.1, -0.05) is 48.0 Å². The van der Waals surface area contributed by atoms with E-state index in [0.29, 0.717) is 46.2 Å². The molecule has 0 aromatic heterocycles. The normalized spacial score (nSPS) is 51.8. The van der Waals surface area contributed by atoms with E-state index >= 15 is 0 Å². The molecule has 3 heteroatoms. The highest BCUT2D eigenvalue weighted by atomic mass is 16.5. The number of benzene rings is 1. The fraction of sp³-hybridized carbons (Fsp3) is 0.833. The van der Waals surface area contributed by atoms with Gasteiger partial charge in [-0.15, -0.1) is 0 Å². The van der Waals surface area contributed by atoms with Crippen molar-refractivity contribution in [3.05, 3.63) is 23.3 Å². The van der Waals surface area contributed by atoms with E-state index in [2.05, 4.69) is 48.5 Å². The van der Waals surface area contributed by atoms with Crippen LogP contribution in [0.4, 0.5) is 0 Å². The fourth-order valence-corrected chi connectivity index (χ4v) is 13.1. The summed E-state index contributed by atoms with van der Waals surface area (Å²) in [6.07, 6.45) is 15.3. The zero-order valence-corrected chi connectivity index (χ0v) is 25.8. The number of phenolic OH excluding ortho intramolecular Hbond substituents is 2. The molecule has 1 heterocycles. The van der Waals surface area contributed by atoms with Crippen molar-refractivity contribution in [3.8, 4) is 11.5 Å². The number of aromatic hydroxyl groups is 2. The molecule has 5 aliphatic carbocycles. The first-order valence-corrected chi connectivity index (χ1v) is 16.4. The highest BCUT2D eigenvalue weighted by Crippen LogP contribution is 2.74. The summed E-state index contributed by atoms with van der Waals surface area (Å²) in [5, 5.41) is 21.8. The van der Waals surface area contributed by atoms with E-state index in [1.807, 2.05) is 0 Å². The minimum absolute atomic E-state index is 0.0336. The van der Waals surface area contributed by atoms with Crippen LogP contribution in [0.2, 0.25) is 0 Å². The molecule has 6 aliphatic rings. The molecule has 216 valence electrons. The number of hydrogen-bond acceptors (Lipinski definition) is 3. The van der Waals surface area contributed by atoms with Gasteiger partial charge in [-0.2, -0.15) is 0 Å². The van der Waals surface area contributed by atoms with E-state index in [4.69, 9.17) is 4.74 Å². The number of hydrogen-bond donors (Lipinski definition) is 2. The third-order valence-corrected chi connectivity index (χ3v) is 15.4. The van der Waals surface area contributed by atoms with E-state index in [0.717, 1.165) is 29.9 Å². The van der Waals surface area contributed by atoms with Crippen LogP contribution in [-0.2, 0) is 16.6 Å². The Balaban J connectivity index is 1.22. The van der Waals surface area contributed by atoms with Crippen LogP contribution in [0.5, 0.6) is 11.5 Å². The lowest BCUT2D eigenvalue weighted by Crippen LogP contribution is -2.52. The molecular formula is C36H54O3. The van der Waals surface area contributed by atoms with Crippen LogP contribution in [0.25, 0.3) is 0 Å². The summed E-state index contributed by atoms with van der Waals surface area (Å²) in [5.74, 6) is 3.39. The monoisotopic (exact) mass is 534 g/mol. The minimum atomic E-state index is -0.0391. The smallest absolute Gasteiger partial charge is 0.119 e. The molecular weight excluding hydrogens is 480 g/mol. The van der Waals surface area contributed by atoms with E-state index in [1.54, 1.807) is 12.1 Å². The quantitative estimate of drug-likeness (QED) is 0.354. The molecule has 0 radical (unpaired) electrons. The Bertz CT molecular complexity index is 1190. The van der Waals surface area contributed by atoms with Crippen molar-refractivity contribution in [1.82, 2.24) is 0 Å². The summed E-state index contributed by atoms with van der Waals surface area (Å²) >= 11 is 0. The highest BCUT2D eigenvalue weighted by Gasteiger charge is 2.69. The second-order valence-electron chi connectivity index (χ2n) is 17.2. The van der Waals surface area contributed by atoms with Crippen LogP contribution in [0.15, 0.2) is 12.1 Å². The summed E-state index contributed by atoms with van der Waals surface area (Å²) in [4.78, 5) is 0. The van der Waals surface area contributed by atoms with Gasteiger partial charge in [-0.3, -0.25) is 0 Å². The van der Waals surface area contributed by atoms with Gasteiger partial charge in [-0.25, -0.2) is 0 Å². The number of fused-ring (bicyclic) bond motifs is 7. The maximum Gasteiger partial charge on any atom is 0.119 e. The molecule has 1 aromatic carbocycles. The van der Waals surface area contributed by atoms with Crippen molar-refractivity contribution >= 4 is 0 Å². The molecule has 0 amide bonds. The molecule has 5 fully saturated rings. The maximum absolute atomic E-state index is 11.0. The van der Waals surface area contributed by atoms with Crippen molar-refractivity contribution in [2.75, 3.05) is 0 Å².